The van der Waals surface area contributed by atoms with Crippen molar-refractivity contribution in [3.05, 3.63) is 83.4 Å². The van der Waals surface area contributed by atoms with Crippen molar-refractivity contribution in [2.45, 2.75) is 11.9 Å². The summed E-state index contributed by atoms with van der Waals surface area (Å²) in [4.78, 5) is 17.5. The largest absolute Gasteiger partial charge is 0.293 e. The lowest BCUT2D eigenvalue weighted by Crippen LogP contribution is -2.03. The van der Waals surface area contributed by atoms with Gasteiger partial charge in [-0.1, -0.05) is 78.5 Å². The molecule has 0 atom stereocenters. The Bertz CT molecular complexity index is 1380. The number of benzene rings is 3. The van der Waals surface area contributed by atoms with Crippen LogP contribution in [0.1, 0.15) is 15.4 Å². The van der Waals surface area contributed by atoms with Crippen molar-refractivity contribution in [3.63, 3.8) is 0 Å². The van der Waals surface area contributed by atoms with Crippen molar-refractivity contribution < 1.29 is 4.79 Å². The molecule has 0 saturated heterocycles. The Labute approximate surface area is 182 Å². The number of aromatic nitrogens is 3. The van der Waals surface area contributed by atoms with Gasteiger partial charge in [-0.25, -0.2) is 4.98 Å². The fraction of sp³-hybridized carbons (Fsp3) is 0.0833. The summed E-state index contributed by atoms with van der Waals surface area (Å²) in [6, 6.07) is 23.9. The number of fused-ring (bicyclic) bond motifs is 2. The maximum absolute atomic E-state index is 12.8. The molecule has 2 heterocycles. The van der Waals surface area contributed by atoms with Gasteiger partial charge in [0.2, 0.25) is 0 Å². The summed E-state index contributed by atoms with van der Waals surface area (Å²) >= 11 is 3.00. The number of ketones is 1. The molecule has 0 radical (unpaired) electrons. The number of Topliss-reactive ketones (excluding diaryl/α,β-unsaturated/α-hetero) is 1. The Kier molecular flexibility index (Phi) is 5.02. The van der Waals surface area contributed by atoms with Crippen LogP contribution in [0.25, 0.3) is 32.2 Å². The van der Waals surface area contributed by atoms with E-state index in [1.807, 2.05) is 79.7 Å². The van der Waals surface area contributed by atoms with Gasteiger partial charge in [0.05, 0.1) is 15.5 Å². The van der Waals surface area contributed by atoms with Gasteiger partial charge in [-0.05, 0) is 23.8 Å². The number of carbonyl (C=O) groups is 1. The zero-order valence-electron chi connectivity index (χ0n) is 16.2. The van der Waals surface area contributed by atoms with Crippen molar-refractivity contribution in [2.24, 2.45) is 0 Å². The van der Waals surface area contributed by atoms with Gasteiger partial charge in [0.15, 0.2) is 5.78 Å². The lowest BCUT2D eigenvalue weighted by atomic mass is 10.1. The Hall–Kier alpha value is -3.09. The Morgan fingerprint density at radius 3 is 2.53 bits per heavy atom. The summed E-state index contributed by atoms with van der Waals surface area (Å²) in [6.45, 7) is 1.98. The molecule has 3 aromatic carbocycles. The molecule has 0 aliphatic rings. The second-order valence-corrected chi connectivity index (χ2v) is 9.07. The molecule has 2 aromatic heterocycles. The summed E-state index contributed by atoms with van der Waals surface area (Å²) in [5.41, 5.74) is 3.38. The van der Waals surface area contributed by atoms with Gasteiger partial charge in [-0.3, -0.25) is 4.79 Å². The molecule has 0 bridgehead atoms. The van der Waals surface area contributed by atoms with Crippen LogP contribution in [0.4, 0.5) is 0 Å². The highest BCUT2D eigenvalue weighted by Crippen LogP contribution is 2.35. The van der Waals surface area contributed by atoms with Crippen LogP contribution in [0.3, 0.4) is 0 Å². The Balaban J connectivity index is 1.43. The molecule has 0 amide bonds. The normalized spacial score (nSPS) is 11.2. The van der Waals surface area contributed by atoms with E-state index >= 15 is 0 Å². The maximum atomic E-state index is 12.8. The molecule has 5 aromatic rings. The van der Waals surface area contributed by atoms with Crippen LogP contribution in [0.5, 0.6) is 0 Å². The quantitative estimate of drug-likeness (QED) is 0.247. The van der Waals surface area contributed by atoms with Crippen molar-refractivity contribution in [2.75, 3.05) is 5.75 Å². The topological polar surface area (TPSA) is 55.7 Å². The number of aryl methyl sites for hydroxylation is 1. The first-order valence-electron chi connectivity index (χ1n) is 9.53. The second kappa shape index (κ2) is 7.97. The zero-order valence-corrected chi connectivity index (χ0v) is 17.8. The number of carbonyl (C=O) groups excluding carboxylic acids is 1. The zero-order chi connectivity index (χ0) is 20.5. The maximum Gasteiger partial charge on any atom is 0.173 e. The van der Waals surface area contributed by atoms with Crippen LogP contribution in [-0.4, -0.2) is 26.7 Å². The molecule has 4 nitrogen and oxygen atoms in total. The molecule has 0 aliphatic heterocycles. The first-order valence-corrected chi connectivity index (χ1v) is 11.3. The number of thioether (sulfide) groups is 1. The number of hydrogen-bond donors (Lipinski definition) is 0. The van der Waals surface area contributed by atoms with Gasteiger partial charge in [-0.15, -0.1) is 21.5 Å². The van der Waals surface area contributed by atoms with Gasteiger partial charge in [-0.2, -0.15) is 0 Å². The Morgan fingerprint density at radius 2 is 1.70 bits per heavy atom. The first-order chi connectivity index (χ1) is 14.7. The minimum absolute atomic E-state index is 0.0693. The molecule has 146 valence electrons. The minimum atomic E-state index is 0.0693. The van der Waals surface area contributed by atoms with Gasteiger partial charge in [0, 0.05) is 11.1 Å². The van der Waals surface area contributed by atoms with E-state index in [2.05, 4.69) is 15.2 Å². The lowest BCUT2D eigenvalue weighted by Gasteiger charge is -2.06. The summed E-state index contributed by atoms with van der Waals surface area (Å²) in [6.07, 6.45) is 0. The van der Waals surface area contributed by atoms with E-state index < -0.39 is 0 Å². The van der Waals surface area contributed by atoms with E-state index in [-0.39, 0.29) is 5.78 Å². The van der Waals surface area contributed by atoms with Gasteiger partial charge in [0.25, 0.3) is 0 Å². The van der Waals surface area contributed by atoms with Crippen molar-refractivity contribution in [1.29, 1.82) is 0 Å². The van der Waals surface area contributed by atoms with Gasteiger partial charge < -0.3 is 0 Å². The average Bonchev–Trinajstić information content (AvgIpc) is 3.19. The molecule has 6 heteroatoms. The summed E-state index contributed by atoms with van der Waals surface area (Å²) in [5, 5.41) is 12.7. The molecule has 0 aliphatic carbocycles. The molecule has 0 spiro atoms. The molecule has 30 heavy (non-hydrogen) atoms. The van der Waals surface area contributed by atoms with E-state index in [1.54, 1.807) is 11.3 Å². The number of thiazole rings is 1. The third-order valence-corrected chi connectivity index (χ3v) is 6.78. The van der Waals surface area contributed by atoms with Crippen LogP contribution in [0.2, 0.25) is 0 Å². The van der Waals surface area contributed by atoms with E-state index in [0.717, 1.165) is 37.3 Å². The van der Waals surface area contributed by atoms with E-state index in [0.29, 0.717) is 16.3 Å². The summed E-state index contributed by atoms with van der Waals surface area (Å²) < 4.78 is 1.01. The smallest absolute Gasteiger partial charge is 0.173 e. The Morgan fingerprint density at radius 1 is 0.933 bits per heavy atom. The number of hydrogen-bond acceptors (Lipinski definition) is 6. The number of rotatable bonds is 5. The predicted molar refractivity (Wildman–Crippen MR) is 124 cm³/mol. The third-order valence-electron chi connectivity index (χ3n) is 4.85. The molecule has 0 saturated carbocycles. The van der Waals surface area contributed by atoms with Gasteiger partial charge in [0.1, 0.15) is 16.2 Å². The van der Waals surface area contributed by atoms with Crippen LogP contribution in [-0.2, 0) is 0 Å². The van der Waals surface area contributed by atoms with Crippen molar-refractivity contribution in [1.82, 2.24) is 15.2 Å². The number of nitrogens with zero attached hydrogens (tertiary/aromatic N) is 3. The lowest BCUT2D eigenvalue weighted by molar-refractivity contribution is 0.102. The van der Waals surface area contributed by atoms with Crippen LogP contribution < -0.4 is 0 Å². The molecular formula is C24H17N3OS2. The van der Waals surface area contributed by atoms with E-state index in [4.69, 9.17) is 0 Å². The highest BCUT2D eigenvalue weighted by molar-refractivity contribution is 8.00. The fourth-order valence-electron chi connectivity index (χ4n) is 3.38. The third kappa shape index (κ3) is 3.60. The molecular weight excluding hydrogens is 410 g/mol. The monoisotopic (exact) mass is 427 g/mol. The SMILES string of the molecule is Cc1nc2c(SCC(=O)c3ccc4ccccc4c3)nnc(-c3ccccc3)c2s1. The van der Waals surface area contributed by atoms with E-state index in [9.17, 15) is 4.79 Å². The molecule has 5 rings (SSSR count). The van der Waals surface area contributed by atoms with Crippen molar-refractivity contribution in [3.8, 4) is 11.3 Å². The van der Waals surface area contributed by atoms with Crippen LogP contribution in [0, 0.1) is 6.92 Å². The molecule has 0 unspecified atom stereocenters. The second-order valence-electron chi connectivity index (χ2n) is 6.90. The first kappa shape index (κ1) is 18.9. The van der Waals surface area contributed by atoms with E-state index in [1.165, 1.54) is 11.8 Å². The van der Waals surface area contributed by atoms with Crippen molar-refractivity contribution >= 4 is 49.9 Å². The fourth-order valence-corrected chi connectivity index (χ4v) is 5.19. The highest BCUT2D eigenvalue weighted by Gasteiger charge is 2.17. The summed E-state index contributed by atoms with van der Waals surface area (Å²) in [7, 11) is 0. The average molecular weight is 428 g/mol. The van der Waals surface area contributed by atoms with Crippen LogP contribution >= 0.6 is 23.1 Å². The molecule has 0 N–H and O–H groups in total. The standard InChI is InChI=1S/C24H17N3OS2/c1-15-25-22-23(30-15)21(17-8-3-2-4-9-17)26-27-24(22)29-14-20(28)19-12-11-16-7-5-6-10-18(16)13-19/h2-13H,14H2,1H3. The van der Waals surface area contributed by atoms with Crippen LogP contribution in [0.15, 0.2) is 77.8 Å². The summed E-state index contributed by atoms with van der Waals surface area (Å²) in [5.74, 6) is 0.364. The minimum Gasteiger partial charge on any atom is -0.293 e. The predicted octanol–water partition coefficient (Wildman–Crippen LogP) is 6.19. The molecule has 0 fully saturated rings. The highest BCUT2D eigenvalue weighted by atomic mass is 32.2. The van der Waals surface area contributed by atoms with Gasteiger partial charge >= 0.3 is 0 Å².